The molecule has 0 radical (unpaired) electrons. The molecule has 2 rings (SSSR count). The Balaban J connectivity index is 1.73. The fraction of sp³-hybridized carbons (Fsp3) is 0.917. The predicted molar refractivity (Wildman–Crippen MR) is 123 cm³/mol. The van der Waals surface area contributed by atoms with Gasteiger partial charge < -0.3 is 19.6 Å². The molecule has 2 amide bonds. The van der Waals surface area contributed by atoms with Crippen LogP contribution in [0.25, 0.3) is 0 Å². The lowest BCUT2D eigenvalue weighted by Gasteiger charge is -2.38. The molecule has 6 nitrogen and oxygen atoms in total. The van der Waals surface area contributed by atoms with Gasteiger partial charge in [0.15, 0.2) is 0 Å². The molecule has 0 aromatic heterocycles. The van der Waals surface area contributed by atoms with Crippen molar-refractivity contribution in [1.82, 2.24) is 19.6 Å². The number of piperidine rings is 2. The van der Waals surface area contributed by atoms with Gasteiger partial charge in [-0.2, -0.15) is 0 Å². The van der Waals surface area contributed by atoms with Crippen LogP contribution in [0.15, 0.2) is 0 Å². The van der Waals surface area contributed by atoms with E-state index in [0.717, 1.165) is 71.2 Å². The van der Waals surface area contributed by atoms with E-state index in [2.05, 4.69) is 30.6 Å². The van der Waals surface area contributed by atoms with E-state index in [0.29, 0.717) is 30.3 Å². The third-order valence-electron chi connectivity index (χ3n) is 7.38. The van der Waals surface area contributed by atoms with Crippen LogP contribution in [0.2, 0.25) is 0 Å². The van der Waals surface area contributed by atoms with Crippen molar-refractivity contribution in [1.29, 1.82) is 0 Å². The average molecular weight is 423 g/mol. The molecule has 2 aliphatic heterocycles. The van der Waals surface area contributed by atoms with Crippen LogP contribution in [0.3, 0.4) is 0 Å². The Bertz CT molecular complexity index is 535. The van der Waals surface area contributed by atoms with Crippen molar-refractivity contribution in [3.63, 3.8) is 0 Å². The molecule has 2 aliphatic rings. The Kier molecular flexibility index (Phi) is 10.1. The summed E-state index contributed by atoms with van der Waals surface area (Å²) >= 11 is 0. The van der Waals surface area contributed by atoms with Crippen molar-refractivity contribution < 1.29 is 9.59 Å². The van der Waals surface area contributed by atoms with Gasteiger partial charge in [-0.25, -0.2) is 0 Å². The van der Waals surface area contributed by atoms with Gasteiger partial charge >= 0.3 is 0 Å². The van der Waals surface area contributed by atoms with Gasteiger partial charge in [0, 0.05) is 52.1 Å². The van der Waals surface area contributed by atoms with Crippen LogP contribution in [-0.4, -0.2) is 97.4 Å². The summed E-state index contributed by atoms with van der Waals surface area (Å²) in [6.45, 7) is 11.8. The molecular formula is C24H46N4O2. The van der Waals surface area contributed by atoms with Gasteiger partial charge in [-0.15, -0.1) is 0 Å². The molecule has 1 atom stereocenters. The fourth-order valence-electron chi connectivity index (χ4n) is 5.02. The van der Waals surface area contributed by atoms with Crippen molar-refractivity contribution in [2.75, 3.05) is 53.9 Å². The highest BCUT2D eigenvalue weighted by atomic mass is 16.2. The van der Waals surface area contributed by atoms with E-state index >= 15 is 0 Å². The molecule has 0 bridgehead atoms. The number of hydrogen-bond donors (Lipinski definition) is 0. The highest BCUT2D eigenvalue weighted by Gasteiger charge is 2.29. The molecule has 2 saturated heterocycles. The maximum Gasteiger partial charge on any atom is 0.225 e. The van der Waals surface area contributed by atoms with Crippen LogP contribution in [0.4, 0.5) is 0 Å². The lowest BCUT2D eigenvalue weighted by Crippen LogP contribution is -2.45. The summed E-state index contributed by atoms with van der Waals surface area (Å²) in [5.74, 6) is 1.32. The zero-order valence-corrected chi connectivity index (χ0v) is 20.4. The molecular weight excluding hydrogens is 376 g/mol. The summed E-state index contributed by atoms with van der Waals surface area (Å²) in [6.07, 6.45) is 7.07. The predicted octanol–water partition coefficient (Wildman–Crippen LogP) is 2.92. The first-order chi connectivity index (χ1) is 14.2. The standard InChI is InChI=1S/C24H46N4O2/c1-7-22(28-14-8-20(9-15-28)18-23(29)25(4)5)12-13-26(6)24(30)21-10-16-27(17-11-21)19(2)3/h19-22H,7-18H2,1-6H3. The largest absolute Gasteiger partial charge is 0.349 e. The molecule has 6 heteroatoms. The van der Waals surface area contributed by atoms with E-state index in [1.807, 2.05) is 26.0 Å². The molecule has 0 N–H and O–H groups in total. The van der Waals surface area contributed by atoms with Crippen molar-refractivity contribution in [3.05, 3.63) is 0 Å². The maximum atomic E-state index is 12.9. The normalized spacial score (nSPS) is 21.0. The topological polar surface area (TPSA) is 47.1 Å². The SMILES string of the molecule is CCC(CCN(C)C(=O)C1CCN(C(C)C)CC1)N1CCC(CC(=O)N(C)C)CC1. The van der Waals surface area contributed by atoms with Crippen LogP contribution in [0.1, 0.15) is 65.7 Å². The lowest BCUT2D eigenvalue weighted by molar-refractivity contribution is -0.136. The summed E-state index contributed by atoms with van der Waals surface area (Å²) in [5.41, 5.74) is 0. The zero-order chi connectivity index (χ0) is 22.3. The monoisotopic (exact) mass is 422 g/mol. The number of carbonyl (C=O) groups is 2. The molecule has 0 aromatic rings. The summed E-state index contributed by atoms with van der Waals surface area (Å²) in [7, 11) is 5.68. The first-order valence-electron chi connectivity index (χ1n) is 12.2. The molecule has 174 valence electrons. The molecule has 30 heavy (non-hydrogen) atoms. The highest BCUT2D eigenvalue weighted by Crippen LogP contribution is 2.25. The third kappa shape index (κ3) is 7.23. The van der Waals surface area contributed by atoms with Crippen molar-refractivity contribution in [2.45, 2.75) is 77.8 Å². The maximum absolute atomic E-state index is 12.9. The van der Waals surface area contributed by atoms with Crippen LogP contribution < -0.4 is 0 Å². The molecule has 0 spiro atoms. The van der Waals surface area contributed by atoms with Crippen molar-refractivity contribution in [3.8, 4) is 0 Å². The quantitative estimate of drug-likeness (QED) is 0.573. The van der Waals surface area contributed by atoms with E-state index in [4.69, 9.17) is 0 Å². The van der Waals surface area contributed by atoms with Crippen LogP contribution in [0.5, 0.6) is 0 Å². The summed E-state index contributed by atoms with van der Waals surface area (Å²) in [6, 6.07) is 1.11. The molecule has 2 fully saturated rings. The van der Waals surface area contributed by atoms with E-state index in [1.54, 1.807) is 4.90 Å². The van der Waals surface area contributed by atoms with Crippen LogP contribution in [-0.2, 0) is 9.59 Å². The molecule has 0 aliphatic carbocycles. The molecule has 0 saturated carbocycles. The van der Waals surface area contributed by atoms with E-state index < -0.39 is 0 Å². The van der Waals surface area contributed by atoms with Gasteiger partial charge in [0.2, 0.25) is 11.8 Å². The van der Waals surface area contributed by atoms with Gasteiger partial charge in [0.1, 0.15) is 0 Å². The Morgan fingerprint density at radius 1 is 0.933 bits per heavy atom. The summed E-state index contributed by atoms with van der Waals surface area (Å²) < 4.78 is 0. The molecule has 1 unspecified atom stereocenters. The minimum absolute atomic E-state index is 0.204. The minimum Gasteiger partial charge on any atom is -0.349 e. The second-order valence-electron chi connectivity index (χ2n) is 9.99. The first-order valence-corrected chi connectivity index (χ1v) is 12.2. The smallest absolute Gasteiger partial charge is 0.225 e. The van der Waals surface area contributed by atoms with Gasteiger partial charge in [-0.05, 0) is 84.5 Å². The lowest BCUT2D eigenvalue weighted by atomic mass is 9.91. The Labute approximate surface area is 184 Å². The van der Waals surface area contributed by atoms with E-state index in [1.165, 1.54) is 0 Å². The second kappa shape index (κ2) is 12.0. The average Bonchev–Trinajstić information content (AvgIpc) is 2.74. The van der Waals surface area contributed by atoms with Crippen LogP contribution >= 0.6 is 0 Å². The summed E-state index contributed by atoms with van der Waals surface area (Å²) in [5, 5.41) is 0. The van der Waals surface area contributed by atoms with Crippen molar-refractivity contribution >= 4 is 11.8 Å². The Morgan fingerprint density at radius 2 is 1.50 bits per heavy atom. The highest BCUT2D eigenvalue weighted by molar-refractivity contribution is 5.78. The van der Waals surface area contributed by atoms with Crippen molar-refractivity contribution in [2.24, 2.45) is 11.8 Å². The number of likely N-dealkylation sites (tertiary alicyclic amines) is 2. The van der Waals surface area contributed by atoms with E-state index in [-0.39, 0.29) is 11.8 Å². The molecule has 2 heterocycles. The van der Waals surface area contributed by atoms with Crippen LogP contribution in [0, 0.1) is 11.8 Å². The Morgan fingerprint density at radius 3 is 2.00 bits per heavy atom. The van der Waals surface area contributed by atoms with Gasteiger partial charge in [-0.3, -0.25) is 9.59 Å². The number of amides is 2. The van der Waals surface area contributed by atoms with Gasteiger partial charge in [0.05, 0.1) is 0 Å². The van der Waals surface area contributed by atoms with Gasteiger partial charge in [0.25, 0.3) is 0 Å². The number of nitrogens with zero attached hydrogens (tertiary/aromatic N) is 4. The first kappa shape index (κ1) is 25.1. The molecule has 0 aromatic carbocycles. The fourth-order valence-corrected chi connectivity index (χ4v) is 5.02. The van der Waals surface area contributed by atoms with Gasteiger partial charge in [-0.1, -0.05) is 6.92 Å². The minimum atomic E-state index is 0.204. The third-order valence-corrected chi connectivity index (χ3v) is 7.38. The second-order valence-corrected chi connectivity index (χ2v) is 9.99. The number of carbonyl (C=O) groups excluding carboxylic acids is 2. The Hall–Kier alpha value is -1.14. The van der Waals surface area contributed by atoms with E-state index in [9.17, 15) is 9.59 Å². The number of rotatable bonds is 9. The number of hydrogen-bond acceptors (Lipinski definition) is 4. The summed E-state index contributed by atoms with van der Waals surface area (Å²) in [4.78, 5) is 33.7. The zero-order valence-electron chi connectivity index (χ0n) is 20.4.